The second-order valence-electron chi connectivity index (χ2n) is 9.29. The van der Waals surface area contributed by atoms with E-state index < -0.39 is 5.91 Å². The highest BCUT2D eigenvalue weighted by Crippen LogP contribution is 2.30. The highest BCUT2D eigenvalue weighted by Gasteiger charge is 2.27. The second-order valence-corrected chi connectivity index (χ2v) is 10.1. The van der Waals surface area contributed by atoms with Crippen LogP contribution in [0.1, 0.15) is 33.7 Å². The van der Waals surface area contributed by atoms with Gasteiger partial charge < -0.3 is 15.5 Å². The van der Waals surface area contributed by atoms with Gasteiger partial charge in [0, 0.05) is 53.1 Å². The molecule has 6 rings (SSSR count). The van der Waals surface area contributed by atoms with Crippen molar-refractivity contribution in [2.24, 2.45) is 0 Å². The fraction of sp³-hybridized carbons (Fsp3) is 0.138. The second kappa shape index (κ2) is 10.1. The van der Waals surface area contributed by atoms with Crippen LogP contribution in [-0.4, -0.2) is 45.5 Å². The molecule has 10 heteroatoms. The zero-order valence-corrected chi connectivity index (χ0v) is 21.8. The molecule has 1 fully saturated rings. The van der Waals surface area contributed by atoms with Crippen LogP contribution in [0, 0.1) is 0 Å². The smallest absolute Gasteiger partial charge is 0.327 e. The predicted octanol–water partition coefficient (Wildman–Crippen LogP) is 5.41. The van der Waals surface area contributed by atoms with Gasteiger partial charge in [-0.3, -0.25) is 14.6 Å². The van der Waals surface area contributed by atoms with Gasteiger partial charge in [-0.05, 0) is 55.3 Å². The van der Waals surface area contributed by atoms with Crippen molar-refractivity contribution in [3.63, 3.8) is 0 Å². The Balaban J connectivity index is 1.33. The number of pyridine rings is 1. The Morgan fingerprint density at radius 2 is 1.77 bits per heavy atom. The molecule has 0 bridgehead atoms. The number of hydrogen-bond acceptors (Lipinski definition) is 6. The molecular weight excluding hydrogens is 512 g/mol. The van der Waals surface area contributed by atoms with Crippen LogP contribution in [0.5, 0.6) is 0 Å². The van der Waals surface area contributed by atoms with E-state index in [4.69, 9.17) is 0 Å². The van der Waals surface area contributed by atoms with Gasteiger partial charge in [-0.15, -0.1) is 11.3 Å². The van der Waals surface area contributed by atoms with Crippen LogP contribution in [-0.2, 0) is 0 Å². The van der Waals surface area contributed by atoms with E-state index in [0.717, 1.165) is 23.8 Å². The van der Waals surface area contributed by atoms with Gasteiger partial charge in [0.2, 0.25) is 0 Å². The van der Waals surface area contributed by atoms with E-state index >= 15 is 0 Å². The number of hydrogen-bond donors (Lipinski definition) is 2. The molecule has 0 atom stereocenters. The topological polar surface area (TPSA) is 109 Å². The number of rotatable bonds is 6. The van der Waals surface area contributed by atoms with Gasteiger partial charge in [0.1, 0.15) is 16.5 Å². The lowest BCUT2D eigenvalue weighted by atomic mass is 10.1. The molecule has 194 valence electrons. The van der Waals surface area contributed by atoms with Crippen molar-refractivity contribution >= 4 is 51.6 Å². The third kappa shape index (κ3) is 5.01. The summed E-state index contributed by atoms with van der Waals surface area (Å²) in [6.07, 6.45) is 5.19. The number of anilines is 2. The van der Waals surface area contributed by atoms with Gasteiger partial charge in [-0.25, -0.2) is 14.3 Å². The van der Waals surface area contributed by atoms with Crippen molar-refractivity contribution in [3.05, 3.63) is 95.8 Å². The lowest BCUT2D eigenvalue weighted by molar-refractivity contribution is 0.0991. The Labute approximate surface area is 228 Å². The van der Waals surface area contributed by atoms with E-state index in [2.05, 4.69) is 20.6 Å². The maximum absolute atomic E-state index is 13.3. The predicted molar refractivity (Wildman–Crippen MR) is 151 cm³/mol. The van der Waals surface area contributed by atoms with E-state index in [9.17, 15) is 14.4 Å². The summed E-state index contributed by atoms with van der Waals surface area (Å²) >= 11 is 1.36. The largest absolute Gasteiger partial charge is 0.335 e. The summed E-state index contributed by atoms with van der Waals surface area (Å²) in [4.78, 5) is 49.6. The van der Waals surface area contributed by atoms with Crippen LogP contribution in [0.3, 0.4) is 0 Å². The molecule has 2 N–H and O–H groups in total. The Morgan fingerprint density at radius 1 is 1.00 bits per heavy atom. The molecule has 9 nitrogen and oxygen atoms in total. The molecule has 0 unspecified atom stereocenters. The van der Waals surface area contributed by atoms with E-state index in [1.165, 1.54) is 15.9 Å². The highest BCUT2D eigenvalue weighted by molar-refractivity contribution is 7.13. The molecule has 0 radical (unpaired) electrons. The third-order valence-corrected chi connectivity index (χ3v) is 7.41. The minimum absolute atomic E-state index is 0.116. The van der Waals surface area contributed by atoms with E-state index in [1.54, 1.807) is 54.0 Å². The zero-order chi connectivity index (χ0) is 26.9. The fourth-order valence-corrected chi connectivity index (χ4v) is 5.06. The van der Waals surface area contributed by atoms with E-state index in [-0.39, 0.29) is 23.7 Å². The molecule has 39 heavy (non-hydrogen) atoms. The minimum atomic E-state index is -0.425. The first-order valence-corrected chi connectivity index (χ1v) is 13.3. The van der Waals surface area contributed by atoms with Gasteiger partial charge in [0.05, 0.1) is 5.52 Å². The van der Waals surface area contributed by atoms with E-state index in [0.29, 0.717) is 27.6 Å². The number of amides is 3. The van der Waals surface area contributed by atoms with E-state index in [1.807, 2.05) is 42.5 Å². The Morgan fingerprint density at radius 3 is 2.51 bits per heavy atom. The van der Waals surface area contributed by atoms with Crippen LogP contribution in [0.4, 0.5) is 16.3 Å². The summed E-state index contributed by atoms with van der Waals surface area (Å²) in [5.41, 5.74) is 2.87. The average molecular weight is 537 g/mol. The van der Waals surface area contributed by atoms with Crippen LogP contribution in [0.15, 0.2) is 84.5 Å². The maximum atomic E-state index is 13.3. The fourth-order valence-electron chi connectivity index (χ4n) is 4.25. The lowest BCUT2D eigenvalue weighted by Gasteiger charge is -2.18. The van der Waals surface area contributed by atoms with Crippen molar-refractivity contribution in [2.45, 2.75) is 18.9 Å². The molecule has 0 aliphatic heterocycles. The monoisotopic (exact) mass is 536 g/mol. The van der Waals surface area contributed by atoms with Crippen LogP contribution in [0.2, 0.25) is 0 Å². The van der Waals surface area contributed by atoms with Gasteiger partial charge in [-0.2, -0.15) is 0 Å². The molecule has 3 heterocycles. The number of thiazole rings is 1. The SMILES string of the molecule is CN(C(=O)c1ccccc1)c1ccc2cc(NC(=O)c3csc(-c4ccncc4)n3)n(C(=O)NC3CC3)c2c1. The first kappa shape index (κ1) is 24.5. The Bertz CT molecular complexity index is 1690. The number of nitrogens with one attached hydrogen (secondary N) is 2. The lowest BCUT2D eigenvalue weighted by Crippen LogP contribution is -2.31. The number of fused-ring (bicyclic) bond motifs is 1. The van der Waals surface area contributed by atoms with Gasteiger partial charge >= 0.3 is 6.03 Å². The standard InChI is InChI=1S/C29H24N6O3S/c1-34(28(37)19-5-3-2-4-6-19)22-10-7-20-15-25(35(24(20)16-22)29(38)31-21-8-9-21)33-26(36)23-17-39-27(32-23)18-11-13-30-14-12-18/h2-7,10-17,21H,8-9H2,1H3,(H,31,38)(H,33,36). The Kier molecular flexibility index (Phi) is 6.37. The number of carbonyl (C=O) groups is 3. The quantitative estimate of drug-likeness (QED) is 0.302. The summed E-state index contributed by atoms with van der Waals surface area (Å²) in [6, 6.07) is 19.6. The van der Waals surface area contributed by atoms with Crippen molar-refractivity contribution < 1.29 is 14.4 Å². The van der Waals surface area contributed by atoms with Gasteiger partial charge in [0.15, 0.2) is 0 Å². The van der Waals surface area contributed by atoms with Crippen molar-refractivity contribution in [1.82, 2.24) is 19.9 Å². The maximum Gasteiger partial charge on any atom is 0.327 e. The summed E-state index contributed by atoms with van der Waals surface area (Å²) in [5.74, 6) is -0.273. The molecule has 1 saturated carbocycles. The summed E-state index contributed by atoms with van der Waals surface area (Å²) in [5, 5.41) is 9.00. The van der Waals surface area contributed by atoms with Crippen LogP contribution >= 0.6 is 11.3 Å². The van der Waals surface area contributed by atoms with Crippen molar-refractivity contribution in [3.8, 4) is 10.6 Å². The van der Waals surface area contributed by atoms with Crippen molar-refractivity contribution in [1.29, 1.82) is 0 Å². The summed E-state index contributed by atoms with van der Waals surface area (Å²) < 4.78 is 1.45. The number of nitrogens with zero attached hydrogens (tertiary/aromatic N) is 4. The number of aromatic nitrogens is 3. The molecule has 0 spiro atoms. The summed E-state index contributed by atoms with van der Waals surface area (Å²) in [7, 11) is 1.69. The molecule has 1 aliphatic carbocycles. The van der Waals surface area contributed by atoms with Crippen molar-refractivity contribution in [2.75, 3.05) is 17.3 Å². The highest BCUT2D eigenvalue weighted by atomic mass is 32.1. The first-order chi connectivity index (χ1) is 19.0. The normalized spacial score (nSPS) is 12.7. The number of benzene rings is 2. The molecule has 5 aromatic rings. The molecule has 2 aromatic carbocycles. The molecule has 3 amide bonds. The Hall–Kier alpha value is -4.83. The third-order valence-electron chi connectivity index (χ3n) is 6.51. The molecular formula is C29H24N6O3S. The zero-order valence-electron chi connectivity index (χ0n) is 21.0. The van der Waals surface area contributed by atoms with Crippen LogP contribution < -0.4 is 15.5 Å². The molecule has 3 aromatic heterocycles. The van der Waals surface area contributed by atoms with Gasteiger partial charge in [-0.1, -0.05) is 24.3 Å². The van der Waals surface area contributed by atoms with Gasteiger partial charge in [0.25, 0.3) is 11.8 Å². The number of carbonyl (C=O) groups excluding carboxylic acids is 3. The molecule has 1 aliphatic rings. The minimum Gasteiger partial charge on any atom is -0.335 e. The molecule has 0 saturated heterocycles. The average Bonchev–Trinajstić information content (AvgIpc) is 3.50. The first-order valence-electron chi connectivity index (χ1n) is 12.4. The van der Waals surface area contributed by atoms with Crippen LogP contribution in [0.25, 0.3) is 21.5 Å². The summed E-state index contributed by atoms with van der Waals surface area (Å²) in [6.45, 7) is 0.